The zero-order valence-corrected chi connectivity index (χ0v) is 16.5. The van der Waals surface area contributed by atoms with E-state index in [-0.39, 0.29) is 5.91 Å². The third-order valence-corrected chi connectivity index (χ3v) is 5.22. The van der Waals surface area contributed by atoms with Gasteiger partial charge in [0.15, 0.2) is 0 Å². The van der Waals surface area contributed by atoms with Crippen LogP contribution in [0.5, 0.6) is 0 Å². The van der Waals surface area contributed by atoms with Crippen molar-refractivity contribution in [1.29, 1.82) is 0 Å². The summed E-state index contributed by atoms with van der Waals surface area (Å²) in [6, 6.07) is 0.705. The fourth-order valence-electron chi connectivity index (χ4n) is 3.72. The van der Waals surface area contributed by atoms with Gasteiger partial charge in [-0.1, -0.05) is 13.8 Å². The van der Waals surface area contributed by atoms with Crippen LogP contribution >= 0.6 is 0 Å². The Morgan fingerprint density at radius 1 is 1.32 bits per heavy atom. The number of carbonyl (C=O) groups is 1. The number of rotatable bonds is 7. The highest BCUT2D eigenvalue weighted by Gasteiger charge is 2.27. The fourth-order valence-corrected chi connectivity index (χ4v) is 3.72. The van der Waals surface area contributed by atoms with Crippen molar-refractivity contribution < 1.29 is 4.79 Å². The molecule has 28 heavy (non-hydrogen) atoms. The van der Waals surface area contributed by atoms with Crippen LogP contribution in [0.4, 0.5) is 0 Å². The molecule has 0 bridgehead atoms. The van der Waals surface area contributed by atoms with E-state index in [0.29, 0.717) is 28.9 Å². The number of amides is 1. The molecule has 2 aliphatic rings. The van der Waals surface area contributed by atoms with Crippen LogP contribution in [-0.2, 0) is 11.2 Å². The van der Waals surface area contributed by atoms with E-state index in [1.165, 1.54) is 24.0 Å². The van der Waals surface area contributed by atoms with E-state index in [9.17, 15) is 4.79 Å². The first kappa shape index (κ1) is 18.6. The molecule has 3 heterocycles. The first-order valence-corrected chi connectivity index (χ1v) is 9.85. The molecule has 1 aliphatic carbocycles. The molecule has 4 rings (SSSR count). The smallest absolute Gasteiger partial charge is 0.273 e. The van der Waals surface area contributed by atoms with Crippen LogP contribution in [0, 0.1) is 6.92 Å². The standard InChI is InChI=1S/C21H26N6O/c1-12(2)19-15(6-7-23-14-4-5-14)13(3)25-17(19)10-16-20(26-27-21(16)28)18-11-22-8-9-24-18/h8-12,14,23,25H,4-7H2,1-3H3,(H,27,28)/b16-10+. The summed E-state index contributed by atoms with van der Waals surface area (Å²) < 4.78 is 0. The van der Waals surface area contributed by atoms with Crippen molar-refractivity contribution in [2.24, 2.45) is 5.10 Å². The van der Waals surface area contributed by atoms with Crippen LogP contribution in [0.15, 0.2) is 29.3 Å². The van der Waals surface area contributed by atoms with E-state index < -0.39 is 0 Å². The molecule has 0 radical (unpaired) electrons. The van der Waals surface area contributed by atoms with Gasteiger partial charge in [-0.3, -0.25) is 14.8 Å². The first-order chi connectivity index (χ1) is 13.5. The predicted molar refractivity (Wildman–Crippen MR) is 109 cm³/mol. The maximum absolute atomic E-state index is 12.4. The minimum atomic E-state index is -0.223. The number of nitrogens with zero attached hydrogens (tertiary/aromatic N) is 3. The van der Waals surface area contributed by atoms with E-state index >= 15 is 0 Å². The first-order valence-electron chi connectivity index (χ1n) is 9.85. The summed E-state index contributed by atoms with van der Waals surface area (Å²) in [4.78, 5) is 24.3. The molecular formula is C21H26N6O. The number of nitrogens with one attached hydrogen (secondary N) is 3. The van der Waals surface area contributed by atoms with Gasteiger partial charge in [0.1, 0.15) is 11.4 Å². The quantitative estimate of drug-likeness (QED) is 0.645. The molecule has 0 aromatic carbocycles. The van der Waals surface area contributed by atoms with Gasteiger partial charge < -0.3 is 10.3 Å². The lowest BCUT2D eigenvalue weighted by Crippen LogP contribution is -2.19. The van der Waals surface area contributed by atoms with Crippen molar-refractivity contribution in [3.63, 3.8) is 0 Å². The molecule has 2 aromatic rings. The average Bonchev–Trinajstić information content (AvgIpc) is 3.36. The van der Waals surface area contributed by atoms with Crippen molar-refractivity contribution >= 4 is 17.7 Å². The summed E-state index contributed by atoms with van der Waals surface area (Å²) in [5, 5.41) is 7.76. The Morgan fingerprint density at radius 2 is 2.14 bits per heavy atom. The Balaban J connectivity index is 1.67. The molecular weight excluding hydrogens is 352 g/mol. The minimum Gasteiger partial charge on any atom is -0.359 e. The number of hydrogen-bond donors (Lipinski definition) is 3. The van der Waals surface area contributed by atoms with Gasteiger partial charge in [0.05, 0.1) is 11.8 Å². The van der Waals surface area contributed by atoms with E-state index in [1.54, 1.807) is 18.6 Å². The molecule has 146 valence electrons. The maximum Gasteiger partial charge on any atom is 0.273 e. The lowest BCUT2D eigenvalue weighted by Gasteiger charge is -2.11. The van der Waals surface area contributed by atoms with Gasteiger partial charge in [-0.2, -0.15) is 5.10 Å². The van der Waals surface area contributed by atoms with Crippen molar-refractivity contribution in [1.82, 2.24) is 25.7 Å². The molecule has 0 atom stereocenters. The van der Waals surface area contributed by atoms with E-state index in [1.807, 2.05) is 6.08 Å². The molecule has 7 nitrogen and oxygen atoms in total. The average molecular weight is 378 g/mol. The van der Waals surface area contributed by atoms with Crippen LogP contribution in [0.25, 0.3) is 6.08 Å². The second-order valence-electron chi connectivity index (χ2n) is 7.74. The molecule has 7 heteroatoms. The van der Waals surface area contributed by atoms with Crippen LogP contribution in [0.1, 0.15) is 60.8 Å². The molecule has 1 fully saturated rings. The second kappa shape index (κ2) is 7.67. The number of aromatic amines is 1. The van der Waals surface area contributed by atoms with Crippen molar-refractivity contribution in [3.8, 4) is 0 Å². The van der Waals surface area contributed by atoms with E-state index in [2.05, 4.69) is 51.6 Å². The largest absolute Gasteiger partial charge is 0.359 e. The highest BCUT2D eigenvalue weighted by molar-refractivity contribution is 6.32. The second-order valence-corrected chi connectivity index (χ2v) is 7.74. The summed E-state index contributed by atoms with van der Waals surface area (Å²) in [5.74, 6) is 0.119. The molecule has 0 spiro atoms. The lowest BCUT2D eigenvalue weighted by atomic mass is 9.94. The Morgan fingerprint density at radius 3 is 2.82 bits per heavy atom. The van der Waals surface area contributed by atoms with E-state index in [4.69, 9.17) is 0 Å². The molecule has 2 aromatic heterocycles. The third kappa shape index (κ3) is 3.75. The number of aryl methyl sites for hydroxylation is 1. The summed E-state index contributed by atoms with van der Waals surface area (Å²) in [5.41, 5.74) is 8.89. The van der Waals surface area contributed by atoms with Gasteiger partial charge in [-0.25, -0.2) is 5.43 Å². The van der Waals surface area contributed by atoms with Crippen LogP contribution in [-0.4, -0.2) is 39.2 Å². The fraction of sp³-hybridized carbons (Fsp3) is 0.429. The van der Waals surface area contributed by atoms with Crippen LogP contribution in [0.2, 0.25) is 0 Å². The zero-order valence-electron chi connectivity index (χ0n) is 16.5. The predicted octanol–water partition coefficient (Wildman–Crippen LogP) is 2.45. The number of carbonyl (C=O) groups excluding carboxylic acids is 1. The molecule has 3 N–H and O–H groups in total. The van der Waals surface area contributed by atoms with Gasteiger partial charge in [-0.15, -0.1) is 0 Å². The van der Waals surface area contributed by atoms with Crippen molar-refractivity contribution in [3.05, 3.63) is 52.4 Å². The van der Waals surface area contributed by atoms with Crippen molar-refractivity contribution in [2.75, 3.05) is 6.54 Å². The molecule has 1 aliphatic heterocycles. The Labute approximate surface area is 164 Å². The SMILES string of the molecule is Cc1[nH]c(/C=C2/C(=O)NN=C2c2cnccn2)c(C(C)C)c1CCNC1CC1. The highest BCUT2D eigenvalue weighted by Crippen LogP contribution is 2.30. The maximum atomic E-state index is 12.4. The van der Waals surface area contributed by atoms with Crippen LogP contribution in [0.3, 0.4) is 0 Å². The number of hydrogen-bond acceptors (Lipinski definition) is 5. The van der Waals surface area contributed by atoms with Crippen molar-refractivity contribution in [2.45, 2.75) is 52.0 Å². The number of H-pyrrole nitrogens is 1. The Bertz CT molecular complexity index is 937. The monoisotopic (exact) mass is 378 g/mol. The highest BCUT2D eigenvalue weighted by atomic mass is 16.2. The van der Waals surface area contributed by atoms with Gasteiger partial charge in [-0.05, 0) is 55.9 Å². The Kier molecular flexibility index (Phi) is 5.09. The lowest BCUT2D eigenvalue weighted by molar-refractivity contribution is -0.116. The van der Waals surface area contributed by atoms with Gasteiger partial charge >= 0.3 is 0 Å². The summed E-state index contributed by atoms with van der Waals surface area (Å²) in [6.07, 6.45) is 10.3. The van der Waals surface area contributed by atoms with Gasteiger partial charge in [0, 0.05) is 29.8 Å². The summed E-state index contributed by atoms with van der Waals surface area (Å²) in [6.45, 7) is 7.46. The third-order valence-electron chi connectivity index (χ3n) is 5.22. The zero-order chi connectivity index (χ0) is 19.7. The van der Waals surface area contributed by atoms with Crippen LogP contribution < -0.4 is 10.7 Å². The number of aromatic nitrogens is 3. The minimum absolute atomic E-state index is 0.223. The number of hydrazone groups is 1. The normalized spacial score (nSPS) is 18.1. The molecule has 0 saturated heterocycles. The van der Waals surface area contributed by atoms with Gasteiger partial charge in [0.2, 0.25) is 0 Å². The van der Waals surface area contributed by atoms with E-state index in [0.717, 1.165) is 24.4 Å². The van der Waals surface area contributed by atoms with Gasteiger partial charge in [0.25, 0.3) is 5.91 Å². The summed E-state index contributed by atoms with van der Waals surface area (Å²) in [7, 11) is 0. The Hall–Kier alpha value is -2.80. The molecule has 1 amide bonds. The summed E-state index contributed by atoms with van der Waals surface area (Å²) >= 11 is 0. The molecule has 0 unspecified atom stereocenters. The molecule has 1 saturated carbocycles. The topological polar surface area (TPSA) is 95.1 Å².